The summed E-state index contributed by atoms with van der Waals surface area (Å²) in [6.07, 6.45) is 2.28. The number of ether oxygens (including phenoxy) is 1. The van der Waals surface area contributed by atoms with Crippen molar-refractivity contribution in [3.05, 3.63) is 34.9 Å². The Kier molecular flexibility index (Phi) is 6.65. The van der Waals surface area contributed by atoms with Gasteiger partial charge >= 0.3 is 0 Å². The predicted molar refractivity (Wildman–Crippen MR) is 106 cm³/mol. The van der Waals surface area contributed by atoms with Gasteiger partial charge in [0.05, 0.1) is 18.4 Å². The van der Waals surface area contributed by atoms with Gasteiger partial charge in [0.1, 0.15) is 0 Å². The van der Waals surface area contributed by atoms with Crippen LogP contribution in [0.2, 0.25) is 0 Å². The van der Waals surface area contributed by atoms with Gasteiger partial charge in [0.15, 0.2) is 5.78 Å². The molecule has 0 aliphatic carbocycles. The third kappa shape index (κ3) is 4.96. The number of nitrogens with zero attached hydrogens (tertiary/aromatic N) is 4. The van der Waals surface area contributed by atoms with E-state index in [4.69, 9.17) is 4.74 Å². The third-order valence-electron chi connectivity index (χ3n) is 4.90. The molecule has 0 saturated carbocycles. The van der Waals surface area contributed by atoms with Gasteiger partial charge in [-0.3, -0.25) is 4.79 Å². The maximum absolute atomic E-state index is 12.9. The van der Waals surface area contributed by atoms with Crippen molar-refractivity contribution in [2.24, 2.45) is 0 Å². The zero-order valence-electron chi connectivity index (χ0n) is 16.5. The SMILES string of the molecule is CC(C)c1ccc(C(=O)CSc2nnnn2CC2CCCO2)c(C(C)C)c1. The first-order valence-corrected chi connectivity index (χ1v) is 10.6. The summed E-state index contributed by atoms with van der Waals surface area (Å²) in [5.74, 6) is 1.19. The molecule has 1 atom stereocenters. The first kappa shape index (κ1) is 20.0. The number of Topliss-reactive ketones (excluding diaryl/α,β-unsaturated/α-hetero) is 1. The Balaban J connectivity index is 1.68. The van der Waals surface area contributed by atoms with E-state index < -0.39 is 0 Å². The number of benzene rings is 1. The Morgan fingerprint density at radius 2 is 2.11 bits per heavy atom. The fourth-order valence-corrected chi connectivity index (χ4v) is 4.05. The van der Waals surface area contributed by atoms with E-state index in [1.54, 1.807) is 4.68 Å². The molecule has 1 aromatic heterocycles. The number of carbonyl (C=O) groups is 1. The lowest BCUT2D eigenvalue weighted by Gasteiger charge is -2.15. The van der Waals surface area contributed by atoms with Crippen molar-refractivity contribution in [1.29, 1.82) is 0 Å². The molecule has 0 amide bonds. The summed E-state index contributed by atoms with van der Waals surface area (Å²) < 4.78 is 7.41. The molecule has 0 radical (unpaired) electrons. The molecule has 1 saturated heterocycles. The van der Waals surface area contributed by atoms with Crippen molar-refractivity contribution in [2.75, 3.05) is 12.4 Å². The van der Waals surface area contributed by atoms with Gasteiger partial charge in [-0.2, -0.15) is 0 Å². The Hall–Kier alpha value is -1.73. The normalized spacial score (nSPS) is 17.2. The zero-order chi connectivity index (χ0) is 19.4. The van der Waals surface area contributed by atoms with E-state index in [0.717, 1.165) is 30.6 Å². The van der Waals surface area contributed by atoms with Crippen LogP contribution in [0.3, 0.4) is 0 Å². The predicted octanol–water partition coefficient (Wildman–Crippen LogP) is 4.07. The molecule has 2 heterocycles. The summed E-state index contributed by atoms with van der Waals surface area (Å²) in [7, 11) is 0. The highest BCUT2D eigenvalue weighted by atomic mass is 32.2. The molecule has 1 aliphatic heterocycles. The van der Waals surface area contributed by atoms with Crippen molar-refractivity contribution in [2.45, 2.75) is 70.2 Å². The van der Waals surface area contributed by atoms with Gasteiger partial charge in [0.2, 0.25) is 5.16 Å². The number of aromatic nitrogens is 4. The van der Waals surface area contributed by atoms with E-state index >= 15 is 0 Å². The molecule has 1 aromatic carbocycles. The minimum atomic E-state index is 0.116. The Morgan fingerprint density at radius 1 is 1.30 bits per heavy atom. The number of thioether (sulfide) groups is 1. The number of rotatable bonds is 8. The monoisotopic (exact) mass is 388 g/mol. The summed E-state index contributed by atoms with van der Waals surface area (Å²) in [6, 6.07) is 6.22. The summed E-state index contributed by atoms with van der Waals surface area (Å²) in [6.45, 7) is 10.0. The number of tetrazole rings is 1. The van der Waals surface area contributed by atoms with Gasteiger partial charge in [-0.15, -0.1) is 5.10 Å². The Bertz CT molecular complexity index is 782. The quantitative estimate of drug-likeness (QED) is 0.501. The van der Waals surface area contributed by atoms with Crippen LogP contribution >= 0.6 is 11.8 Å². The highest BCUT2D eigenvalue weighted by Crippen LogP contribution is 2.27. The van der Waals surface area contributed by atoms with Gasteiger partial charge in [-0.1, -0.05) is 57.7 Å². The first-order valence-electron chi connectivity index (χ1n) is 9.63. The lowest BCUT2D eigenvalue weighted by molar-refractivity contribution is 0.0912. The molecule has 1 unspecified atom stereocenters. The molecule has 6 nitrogen and oxygen atoms in total. The molecule has 0 spiro atoms. The lowest BCUT2D eigenvalue weighted by Crippen LogP contribution is -2.17. The number of hydrogen-bond acceptors (Lipinski definition) is 6. The van der Waals surface area contributed by atoms with Crippen molar-refractivity contribution in [1.82, 2.24) is 20.2 Å². The second-order valence-corrected chi connectivity index (χ2v) is 8.59. The van der Waals surface area contributed by atoms with E-state index in [1.165, 1.54) is 17.3 Å². The van der Waals surface area contributed by atoms with Crippen LogP contribution in [0.4, 0.5) is 0 Å². The van der Waals surface area contributed by atoms with Crippen molar-refractivity contribution < 1.29 is 9.53 Å². The number of ketones is 1. The maximum Gasteiger partial charge on any atom is 0.209 e. The summed E-state index contributed by atoms with van der Waals surface area (Å²) in [5.41, 5.74) is 3.19. The molecule has 1 fully saturated rings. The Morgan fingerprint density at radius 3 is 2.78 bits per heavy atom. The minimum Gasteiger partial charge on any atom is -0.376 e. The van der Waals surface area contributed by atoms with Crippen molar-refractivity contribution >= 4 is 17.5 Å². The number of hydrogen-bond donors (Lipinski definition) is 0. The molecular formula is C20H28N4O2S. The summed E-state index contributed by atoms with van der Waals surface area (Å²) in [4.78, 5) is 12.9. The Labute approximate surface area is 165 Å². The summed E-state index contributed by atoms with van der Waals surface area (Å²) >= 11 is 1.39. The van der Waals surface area contributed by atoms with Crippen molar-refractivity contribution in [3.8, 4) is 0 Å². The molecule has 3 rings (SSSR count). The van der Waals surface area contributed by atoms with E-state index in [-0.39, 0.29) is 11.9 Å². The molecule has 2 aromatic rings. The smallest absolute Gasteiger partial charge is 0.209 e. The van der Waals surface area contributed by atoms with E-state index in [9.17, 15) is 4.79 Å². The lowest BCUT2D eigenvalue weighted by atomic mass is 9.90. The van der Waals surface area contributed by atoms with Gasteiger partial charge in [0.25, 0.3) is 0 Å². The van der Waals surface area contributed by atoms with Crippen LogP contribution < -0.4 is 0 Å². The van der Waals surface area contributed by atoms with Crippen LogP contribution in [0.25, 0.3) is 0 Å². The van der Waals surface area contributed by atoms with Crippen LogP contribution in [-0.2, 0) is 11.3 Å². The van der Waals surface area contributed by atoms with Gasteiger partial charge in [-0.25, -0.2) is 4.68 Å². The molecule has 146 valence electrons. The minimum absolute atomic E-state index is 0.116. The molecule has 0 N–H and O–H groups in total. The maximum atomic E-state index is 12.9. The first-order chi connectivity index (χ1) is 13.0. The van der Waals surface area contributed by atoms with Crippen LogP contribution in [0, 0.1) is 0 Å². The molecular weight excluding hydrogens is 360 g/mol. The largest absolute Gasteiger partial charge is 0.376 e. The van der Waals surface area contributed by atoms with Gasteiger partial charge in [-0.05, 0) is 46.2 Å². The fourth-order valence-electron chi connectivity index (χ4n) is 3.28. The average Bonchev–Trinajstić information content (AvgIpc) is 3.31. The van der Waals surface area contributed by atoms with Gasteiger partial charge < -0.3 is 4.74 Å². The van der Waals surface area contributed by atoms with Crippen LogP contribution in [0.1, 0.15) is 73.9 Å². The highest BCUT2D eigenvalue weighted by Gasteiger charge is 2.20. The standard InChI is InChI=1S/C20H28N4O2S/c1-13(2)15-7-8-17(18(10-15)14(3)4)19(25)12-27-20-21-22-23-24(20)11-16-6-5-9-26-16/h7-8,10,13-14,16H,5-6,9,11-12H2,1-4H3. The van der Waals surface area contributed by atoms with Crippen LogP contribution in [0.15, 0.2) is 23.4 Å². The average molecular weight is 389 g/mol. The molecule has 7 heteroatoms. The van der Waals surface area contributed by atoms with Gasteiger partial charge in [0, 0.05) is 12.2 Å². The van der Waals surface area contributed by atoms with E-state index in [2.05, 4.69) is 55.4 Å². The van der Waals surface area contributed by atoms with Crippen LogP contribution in [-0.4, -0.2) is 44.5 Å². The number of carbonyl (C=O) groups excluding carboxylic acids is 1. The molecule has 1 aliphatic rings. The fraction of sp³-hybridized carbons (Fsp3) is 0.600. The van der Waals surface area contributed by atoms with E-state index in [1.807, 2.05) is 6.07 Å². The second kappa shape index (κ2) is 8.97. The van der Waals surface area contributed by atoms with Crippen molar-refractivity contribution in [3.63, 3.8) is 0 Å². The summed E-state index contributed by atoms with van der Waals surface area (Å²) in [5, 5.41) is 12.6. The molecule has 27 heavy (non-hydrogen) atoms. The topological polar surface area (TPSA) is 69.9 Å². The zero-order valence-corrected chi connectivity index (χ0v) is 17.3. The van der Waals surface area contributed by atoms with Crippen LogP contribution in [0.5, 0.6) is 0 Å². The highest BCUT2D eigenvalue weighted by molar-refractivity contribution is 7.99. The van der Waals surface area contributed by atoms with E-state index in [0.29, 0.717) is 29.3 Å². The second-order valence-electron chi connectivity index (χ2n) is 7.65. The third-order valence-corrected chi connectivity index (χ3v) is 5.85. The molecule has 0 bridgehead atoms.